The number of nitrogens with one attached hydrogen (secondary N) is 1. The van der Waals surface area contributed by atoms with Crippen molar-refractivity contribution >= 4 is 62.7 Å². The van der Waals surface area contributed by atoms with E-state index in [9.17, 15) is 9.59 Å². The number of methoxy groups -OCH3 is 1. The van der Waals surface area contributed by atoms with Gasteiger partial charge in [-0.3, -0.25) is 14.9 Å². The summed E-state index contributed by atoms with van der Waals surface area (Å²) in [6.07, 6.45) is 0. The van der Waals surface area contributed by atoms with Crippen molar-refractivity contribution in [1.82, 2.24) is 10.2 Å². The number of anilines is 1. The normalized spacial score (nSPS) is 10.3. The van der Waals surface area contributed by atoms with Crippen LogP contribution in [-0.2, 0) is 9.53 Å². The van der Waals surface area contributed by atoms with E-state index in [2.05, 4.69) is 42.8 Å². The summed E-state index contributed by atoms with van der Waals surface area (Å²) >= 11 is 4.56. The first-order chi connectivity index (χ1) is 10.5. The first kappa shape index (κ1) is 17.2. The van der Waals surface area contributed by atoms with Crippen molar-refractivity contribution in [3.05, 3.63) is 32.9 Å². The minimum absolute atomic E-state index is 0.162. The molecular weight excluding hydrogens is 437 g/mol. The van der Waals surface area contributed by atoms with E-state index >= 15 is 0 Å². The maximum atomic E-state index is 12.2. The zero-order chi connectivity index (χ0) is 16.1. The summed E-state index contributed by atoms with van der Waals surface area (Å²) in [5.41, 5.74) is 1.68. The lowest BCUT2D eigenvalue weighted by Gasteiger charge is -2.04. The van der Waals surface area contributed by atoms with Crippen LogP contribution in [0.15, 0.2) is 22.5 Å². The second-order valence-corrected chi connectivity index (χ2v) is 7.54. The van der Waals surface area contributed by atoms with Gasteiger partial charge in [0.05, 0.1) is 18.4 Å². The molecule has 0 aliphatic rings. The number of amides is 1. The van der Waals surface area contributed by atoms with E-state index in [4.69, 9.17) is 0 Å². The lowest BCUT2D eigenvalue weighted by molar-refractivity contribution is -0.137. The number of rotatable bonds is 5. The molecule has 0 saturated carbocycles. The van der Waals surface area contributed by atoms with Gasteiger partial charge in [-0.1, -0.05) is 34.7 Å². The van der Waals surface area contributed by atoms with Crippen molar-refractivity contribution in [3.63, 3.8) is 0 Å². The number of carbonyl (C=O) groups is 2. The van der Waals surface area contributed by atoms with Crippen LogP contribution >= 0.6 is 45.7 Å². The van der Waals surface area contributed by atoms with Crippen molar-refractivity contribution in [2.45, 2.75) is 11.3 Å². The third-order valence-electron chi connectivity index (χ3n) is 2.54. The maximum absolute atomic E-state index is 12.2. The molecule has 9 heteroatoms. The van der Waals surface area contributed by atoms with Gasteiger partial charge in [0.15, 0.2) is 4.34 Å². The molecule has 0 unspecified atom stereocenters. The number of carbonyl (C=O) groups excluding carboxylic acids is 2. The van der Waals surface area contributed by atoms with Crippen LogP contribution in [0.2, 0.25) is 0 Å². The third kappa shape index (κ3) is 4.65. The van der Waals surface area contributed by atoms with Gasteiger partial charge in [0.1, 0.15) is 0 Å². The minimum Gasteiger partial charge on any atom is -0.468 e. The van der Waals surface area contributed by atoms with Crippen LogP contribution in [0.5, 0.6) is 0 Å². The lowest BCUT2D eigenvalue weighted by atomic mass is 10.1. The third-order valence-corrected chi connectivity index (χ3v) is 5.38. The molecule has 0 radical (unpaired) electrons. The molecule has 0 aliphatic heterocycles. The van der Waals surface area contributed by atoms with Gasteiger partial charge in [-0.05, 0) is 41.6 Å². The highest BCUT2D eigenvalue weighted by Crippen LogP contribution is 2.26. The highest BCUT2D eigenvalue weighted by molar-refractivity contribution is 14.1. The quantitative estimate of drug-likeness (QED) is 0.327. The SMILES string of the molecule is COC(=O)CSc1nnc(NC(=O)c2ccc(C)cc2I)s1. The fourth-order valence-corrected chi connectivity index (χ4v) is 3.96. The van der Waals surface area contributed by atoms with Crippen LogP contribution in [-0.4, -0.2) is 34.9 Å². The number of halogens is 1. The average molecular weight is 449 g/mol. The van der Waals surface area contributed by atoms with Crippen LogP contribution in [0.25, 0.3) is 0 Å². The number of esters is 1. The Morgan fingerprint density at radius 2 is 2.18 bits per heavy atom. The monoisotopic (exact) mass is 449 g/mol. The Kier molecular flexibility index (Phi) is 6.15. The Hall–Kier alpha value is -1.20. The number of thioether (sulfide) groups is 1. The molecule has 116 valence electrons. The molecule has 0 atom stereocenters. The predicted molar refractivity (Wildman–Crippen MR) is 94.5 cm³/mol. The van der Waals surface area contributed by atoms with Gasteiger partial charge in [-0.15, -0.1) is 10.2 Å². The van der Waals surface area contributed by atoms with E-state index in [-0.39, 0.29) is 17.6 Å². The van der Waals surface area contributed by atoms with Crippen LogP contribution < -0.4 is 5.32 Å². The highest BCUT2D eigenvalue weighted by atomic mass is 127. The van der Waals surface area contributed by atoms with E-state index < -0.39 is 0 Å². The number of hydrogen-bond donors (Lipinski definition) is 1. The number of hydrogen-bond acceptors (Lipinski definition) is 7. The molecule has 22 heavy (non-hydrogen) atoms. The number of aromatic nitrogens is 2. The zero-order valence-corrected chi connectivity index (χ0v) is 15.5. The molecule has 1 N–H and O–H groups in total. The molecule has 0 saturated heterocycles. The molecule has 1 aromatic heterocycles. The molecule has 2 rings (SSSR count). The minimum atomic E-state index is -0.333. The molecule has 2 aromatic rings. The van der Waals surface area contributed by atoms with E-state index in [1.54, 1.807) is 6.07 Å². The Morgan fingerprint density at radius 3 is 2.86 bits per heavy atom. The van der Waals surface area contributed by atoms with Crippen LogP contribution in [0.4, 0.5) is 5.13 Å². The summed E-state index contributed by atoms with van der Waals surface area (Å²) in [5, 5.41) is 10.9. The molecule has 1 heterocycles. The largest absolute Gasteiger partial charge is 0.468 e. The Bertz CT molecular complexity index is 706. The number of benzene rings is 1. The van der Waals surface area contributed by atoms with E-state index in [0.29, 0.717) is 15.0 Å². The summed E-state index contributed by atoms with van der Waals surface area (Å²) < 4.78 is 6.02. The zero-order valence-electron chi connectivity index (χ0n) is 11.8. The van der Waals surface area contributed by atoms with Gasteiger partial charge >= 0.3 is 5.97 Å². The molecule has 0 fully saturated rings. The Labute approximate surface area is 149 Å². The van der Waals surface area contributed by atoms with Crippen LogP contribution in [0.1, 0.15) is 15.9 Å². The molecule has 1 amide bonds. The summed E-state index contributed by atoms with van der Waals surface area (Å²) in [7, 11) is 1.33. The predicted octanol–water partition coefficient (Wildman–Crippen LogP) is 2.97. The second kappa shape index (κ2) is 7.88. The second-order valence-electron chi connectivity index (χ2n) is 4.18. The van der Waals surface area contributed by atoms with Gasteiger partial charge in [0.2, 0.25) is 5.13 Å². The number of ether oxygens (including phenoxy) is 1. The van der Waals surface area contributed by atoms with Gasteiger partial charge in [0.25, 0.3) is 5.91 Å². The first-order valence-electron chi connectivity index (χ1n) is 6.10. The number of nitrogens with zero attached hydrogens (tertiary/aromatic N) is 2. The van der Waals surface area contributed by atoms with Gasteiger partial charge in [0, 0.05) is 3.57 Å². The standard InChI is InChI=1S/C13H12IN3O3S2/c1-7-3-4-8(9(14)5-7)11(19)15-12-16-17-13(22-12)21-6-10(18)20-2/h3-5H,6H2,1-2H3,(H,15,16,19). The smallest absolute Gasteiger partial charge is 0.316 e. The van der Waals surface area contributed by atoms with Crippen LogP contribution in [0.3, 0.4) is 0 Å². The molecule has 6 nitrogen and oxygen atoms in total. The van der Waals surface area contributed by atoms with Crippen molar-refractivity contribution in [2.24, 2.45) is 0 Å². The van der Waals surface area contributed by atoms with E-state index in [1.807, 2.05) is 19.1 Å². The van der Waals surface area contributed by atoms with Crippen molar-refractivity contribution < 1.29 is 14.3 Å². The molecule has 0 aliphatic carbocycles. The molecular formula is C13H12IN3O3S2. The van der Waals surface area contributed by atoms with Crippen molar-refractivity contribution in [3.8, 4) is 0 Å². The van der Waals surface area contributed by atoms with Crippen molar-refractivity contribution in [2.75, 3.05) is 18.2 Å². The highest BCUT2D eigenvalue weighted by Gasteiger charge is 2.14. The fraction of sp³-hybridized carbons (Fsp3) is 0.231. The summed E-state index contributed by atoms with van der Waals surface area (Å²) in [6.45, 7) is 1.97. The molecule has 0 spiro atoms. The van der Waals surface area contributed by atoms with Crippen LogP contribution in [0, 0.1) is 10.5 Å². The number of aryl methyl sites for hydroxylation is 1. The summed E-state index contributed by atoms with van der Waals surface area (Å²) in [6, 6.07) is 5.60. The summed E-state index contributed by atoms with van der Waals surface area (Å²) in [5.74, 6) is -0.403. The first-order valence-corrected chi connectivity index (χ1v) is 8.98. The van der Waals surface area contributed by atoms with Crippen molar-refractivity contribution in [1.29, 1.82) is 0 Å². The van der Waals surface area contributed by atoms with E-state index in [0.717, 1.165) is 9.13 Å². The van der Waals surface area contributed by atoms with Gasteiger partial charge < -0.3 is 4.74 Å². The van der Waals surface area contributed by atoms with Gasteiger partial charge in [-0.25, -0.2) is 0 Å². The Balaban J connectivity index is 2.00. The topological polar surface area (TPSA) is 81.2 Å². The molecule has 0 bridgehead atoms. The lowest BCUT2D eigenvalue weighted by Crippen LogP contribution is -2.13. The van der Waals surface area contributed by atoms with E-state index in [1.165, 1.54) is 30.2 Å². The maximum Gasteiger partial charge on any atom is 0.316 e. The van der Waals surface area contributed by atoms with Gasteiger partial charge in [-0.2, -0.15) is 0 Å². The summed E-state index contributed by atoms with van der Waals surface area (Å²) in [4.78, 5) is 23.3. The average Bonchev–Trinajstić information content (AvgIpc) is 2.92. The fourth-order valence-electron chi connectivity index (χ4n) is 1.47. The Morgan fingerprint density at radius 1 is 1.41 bits per heavy atom. The molecule has 1 aromatic carbocycles.